The van der Waals surface area contributed by atoms with Gasteiger partial charge in [0.05, 0.1) is 26.9 Å². The first kappa shape index (κ1) is 31.4. The zero-order valence-corrected chi connectivity index (χ0v) is 26.1. The molecular formula is C32H37N2O6PS. The van der Waals surface area contributed by atoms with Crippen LogP contribution in [0.4, 0.5) is 10.5 Å². The number of carbonyl (C=O) groups is 3. The third-order valence-electron chi connectivity index (χ3n) is 7.12. The van der Waals surface area contributed by atoms with Crippen molar-refractivity contribution >= 4 is 50.4 Å². The zero-order chi connectivity index (χ0) is 30.1. The fourth-order valence-corrected chi connectivity index (χ4v) is 5.92. The summed E-state index contributed by atoms with van der Waals surface area (Å²) in [6.07, 6.45) is 8.11. The molecular weight excluding hydrogens is 571 g/mol. The summed E-state index contributed by atoms with van der Waals surface area (Å²) in [7, 11) is 5.22. The first-order chi connectivity index (χ1) is 20.4. The Morgan fingerprint density at radius 2 is 1.76 bits per heavy atom. The van der Waals surface area contributed by atoms with Crippen LogP contribution in [0.25, 0.3) is 6.08 Å². The smallest absolute Gasteiger partial charge is 0.348 e. The van der Waals surface area contributed by atoms with Gasteiger partial charge in [0, 0.05) is 10.6 Å². The summed E-state index contributed by atoms with van der Waals surface area (Å²) in [6, 6.07) is 18.0. The molecule has 2 unspecified atom stereocenters. The maximum Gasteiger partial charge on any atom is 0.348 e. The molecule has 0 bridgehead atoms. The van der Waals surface area contributed by atoms with Crippen molar-refractivity contribution in [1.82, 2.24) is 4.67 Å². The van der Waals surface area contributed by atoms with E-state index in [1.54, 1.807) is 13.2 Å². The highest BCUT2D eigenvalue weighted by Gasteiger charge is 2.43. The van der Waals surface area contributed by atoms with E-state index < -0.39 is 12.1 Å². The number of imide groups is 1. The van der Waals surface area contributed by atoms with Crippen LogP contribution >= 0.6 is 20.7 Å². The average molecular weight is 609 g/mol. The van der Waals surface area contributed by atoms with E-state index in [0.717, 1.165) is 52.1 Å². The Balaban J connectivity index is 1.47. The van der Waals surface area contributed by atoms with Crippen molar-refractivity contribution in [3.63, 3.8) is 0 Å². The number of benzene rings is 2. The first-order valence-electron chi connectivity index (χ1n) is 14.0. The van der Waals surface area contributed by atoms with Crippen LogP contribution in [-0.2, 0) is 20.9 Å². The monoisotopic (exact) mass is 608 g/mol. The number of carbonyl (C=O) groups excluding carboxylic acids is 3. The van der Waals surface area contributed by atoms with Gasteiger partial charge in [-0.15, -0.1) is 11.3 Å². The minimum Gasteiger partial charge on any atom is -0.497 e. The van der Waals surface area contributed by atoms with Gasteiger partial charge in [-0.25, -0.2) is 14.3 Å². The van der Waals surface area contributed by atoms with Crippen LogP contribution in [0.15, 0.2) is 66.7 Å². The van der Waals surface area contributed by atoms with Crippen LogP contribution in [-0.4, -0.2) is 42.8 Å². The molecule has 10 heteroatoms. The molecule has 1 aromatic heterocycles. The van der Waals surface area contributed by atoms with Crippen molar-refractivity contribution in [1.29, 1.82) is 0 Å². The van der Waals surface area contributed by atoms with E-state index in [1.165, 1.54) is 23.3 Å². The van der Waals surface area contributed by atoms with E-state index in [1.807, 2.05) is 66.7 Å². The number of thiophene rings is 1. The lowest BCUT2D eigenvalue weighted by molar-refractivity contribution is -0.123. The Hall–Kier alpha value is -3.52. The van der Waals surface area contributed by atoms with Crippen LogP contribution in [0.2, 0.25) is 0 Å². The molecule has 1 saturated heterocycles. The maximum atomic E-state index is 13.1. The number of rotatable bonds is 14. The number of methoxy groups -OCH3 is 2. The van der Waals surface area contributed by atoms with Gasteiger partial charge in [-0.1, -0.05) is 56.5 Å². The van der Waals surface area contributed by atoms with E-state index >= 15 is 0 Å². The van der Waals surface area contributed by atoms with Gasteiger partial charge >= 0.3 is 12.0 Å². The number of urea groups is 1. The minimum absolute atomic E-state index is 0.0961. The second-order valence-corrected chi connectivity index (χ2v) is 11.6. The fourth-order valence-electron chi connectivity index (χ4n) is 4.77. The number of hydrogen-bond acceptors (Lipinski definition) is 7. The molecule has 3 amide bonds. The fraction of sp³-hybridized carbons (Fsp3) is 0.344. The molecule has 4 rings (SSSR count). The molecule has 0 aliphatic carbocycles. The quantitative estimate of drug-likeness (QED) is 0.0820. The van der Waals surface area contributed by atoms with Crippen LogP contribution in [0.3, 0.4) is 0 Å². The molecule has 0 radical (unpaired) electrons. The van der Waals surface area contributed by atoms with E-state index in [2.05, 4.69) is 16.3 Å². The number of ether oxygens (including phenoxy) is 3. The third-order valence-corrected chi connectivity index (χ3v) is 8.63. The molecule has 42 heavy (non-hydrogen) atoms. The van der Waals surface area contributed by atoms with Gasteiger partial charge < -0.3 is 14.2 Å². The second-order valence-electron chi connectivity index (χ2n) is 9.94. The Bertz CT molecular complexity index is 1390. The summed E-state index contributed by atoms with van der Waals surface area (Å²) in [4.78, 5) is 40.7. The Labute approximate surface area is 253 Å². The lowest BCUT2D eigenvalue weighted by Gasteiger charge is -2.23. The van der Waals surface area contributed by atoms with Crippen molar-refractivity contribution < 1.29 is 28.6 Å². The van der Waals surface area contributed by atoms with Gasteiger partial charge in [0.25, 0.3) is 5.91 Å². The molecule has 0 N–H and O–H groups in total. The largest absolute Gasteiger partial charge is 0.497 e. The van der Waals surface area contributed by atoms with E-state index in [-0.39, 0.29) is 18.0 Å². The van der Waals surface area contributed by atoms with Crippen molar-refractivity contribution in [3.05, 3.63) is 87.6 Å². The molecule has 2 aromatic carbocycles. The highest BCUT2D eigenvalue weighted by atomic mass is 32.1. The number of hydrogen-bond donors (Lipinski definition) is 0. The zero-order valence-electron chi connectivity index (χ0n) is 24.2. The summed E-state index contributed by atoms with van der Waals surface area (Å²) < 4.78 is 17.5. The lowest BCUT2D eigenvalue weighted by Crippen LogP contribution is -2.34. The summed E-state index contributed by atoms with van der Waals surface area (Å²) in [5, 5.41) is 0. The van der Waals surface area contributed by atoms with E-state index in [4.69, 9.17) is 14.2 Å². The van der Waals surface area contributed by atoms with Gasteiger partial charge in [-0.2, -0.15) is 0 Å². The summed E-state index contributed by atoms with van der Waals surface area (Å²) in [5.74, 6) is 0.129. The third kappa shape index (κ3) is 7.65. The van der Waals surface area contributed by atoms with Crippen LogP contribution < -0.4 is 9.64 Å². The molecule has 222 valence electrons. The molecule has 1 fully saturated rings. The van der Waals surface area contributed by atoms with E-state index in [9.17, 15) is 14.4 Å². The standard InChI is InChI=1S/C32H37N2O6PS/c1-4-5-6-10-28(40-21-22-11-17-25(38-2)18-12-22)23-13-15-24(16-14-23)33-27(30(35)34(41)32(33)37)9-7-8-26-19-20-29(42-26)31(36)39-3/h7-8,11-20,27-28H,4-6,9-10,21,41H2,1-3H3/b8-7-/t27-,28?/m0/s1. The van der Waals surface area contributed by atoms with Gasteiger partial charge in [-0.3, -0.25) is 9.69 Å². The molecule has 2 heterocycles. The molecule has 0 spiro atoms. The summed E-state index contributed by atoms with van der Waals surface area (Å²) in [5.41, 5.74) is 2.74. The van der Waals surface area contributed by atoms with Crippen molar-refractivity contribution in [2.24, 2.45) is 0 Å². The molecule has 1 aliphatic heterocycles. The molecule has 8 nitrogen and oxygen atoms in total. The van der Waals surface area contributed by atoms with Crippen LogP contribution in [0.5, 0.6) is 5.75 Å². The summed E-state index contributed by atoms with van der Waals surface area (Å²) in [6.45, 7) is 2.65. The average Bonchev–Trinajstić information content (AvgIpc) is 3.58. The molecule has 3 aromatic rings. The Morgan fingerprint density at radius 3 is 2.43 bits per heavy atom. The second kappa shape index (κ2) is 15.1. The number of esters is 1. The maximum absolute atomic E-state index is 13.1. The molecule has 1 aliphatic rings. The highest BCUT2D eigenvalue weighted by molar-refractivity contribution is 7.16. The Morgan fingerprint density at radius 1 is 1.02 bits per heavy atom. The minimum atomic E-state index is -0.677. The number of amides is 3. The van der Waals surface area contributed by atoms with Crippen LogP contribution in [0, 0.1) is 0 Å². The normalized spacial score (nSPS) is 16.0. The van der Waals surface area contributed by atoms with Crippen molar-refractivity contribution in [2.45, 2.75) is 57.8 Å². The predicted molar refractivity (Wildman–Crippen MR) is 169 cm³/mol. The SMILES string of the molecule is CCCCCC(OCc1ccc(OC)cc1)c1ccc(N2C(=O)N(P)C(=O)[C@@H]2C/C=C\c2ccc(C(=O)OC)s2)cc1. The van der Waals surface area contributed by atoms with Crippen LogP contribution in [0.1, 0.15) is 70.8 Å². The molecule has 0 saturated carbocycles. The van der Waals surface area contributed by atoms with Gasteiger partial charge in [0.15, 0.2) is 0 Å². The number of anilines is 1. The molecule has 3 atom stereocenters. The Kier molecular flexibility index (Phi) is 11.3. The lowest BCUT2D eigenvalue weighted by atomic mass is 10.0. The van der Waals surface area contributed by atoms with Crippen molar-refractivity contribution in [3.8, 4) is 5.75 Å². The summed E-state index contributed by atoms with van der Waals surface area (Å²) >= 11 is 1.30. The van der Waals surface area contributed by atoms with E-state index in [0.29, 0.717) is 23.6 Å². The van der Waals surface area contributed by atoms with Gasteiger partial charge in [0.1, 0.15) is 16.7 Å². The highest BCUT2D eigenvalue weighted by Crippen LogP contribution is 2.33. The van der Waals surface area contributed by atoms with Gasteiger partial charge in [-0.05, 0) is 75.8 Å². The number of nitrogens with zero attached hydrogens (tertiary/aromatic N) is 2. The number of unbranched alkanes of at least 4 members (excludes halogenated alkanes) is 2. The predicted octanol–water partition coefficient (Wildman–Crippen LogP) is 7.41. The van der Waals surface area contributed by atoms with Gasteiger partial charge in [0.2, 0.25) is 0 Å². The first-order valence-corrected chi connectivity index (χ1v) is 15.3. The van der Waals surface area contributed by atoms with Crippen molar-refractivity contribution in [2.75, 3.05) is 19.1 Å². The topological polar surface area (TPSA) is 85.4 Å².